The van der Waals surface area contributed by atoms with Gasteiger partial charge in [0.15, 0.2) is 11.6 Å². The largest absolute Gasteiger partial charge is 0.490 e. The number of anilines is 2. The predicted octanol–water partition coefficient (Wildman–Crippen LogP) is 1.10. The quantitative estimate of drug-likeness (QED) is 0.869. The highest BCUT2D eigenvalue weighted by molar-refractivity contribution is 5.62. The van der Waals surface area contributed by atoms with Gasteiger partial charge in [0.05, 0.1) is 19.3 Å². The number of ether oxygens (including phenoxy) is 1. The van der Waals surface area contributed by atoms with Crippen molar-refractivity contribution in [2.24, 2.45) is 0 Å². The Morgan fingerprint density at radius 3 is 2.78 bits per heavy atom. The van der Waals surface area contributed by atoms with Gasteiger partial charge in [-0.1, -0.05) is 6.07 Å². The van der Waals surface area contributed by atoms with Gasteiger partial charge < -0.3 is 15.4 Å². The lowest BCUT2D eigenvalue weighted by molar-refractivity contribution is 0.413. The molecule has 0 saturated carbocycles. The van der Waals surface area contributed by atoms with Gasteiger partial charge in [0, 0.05) is 13.2 Å². The van der Waals surface area contributed by atoms with Crippen LogP contribution in [0.4, 0.5) is 11.6 Å². The number of nitrogen functional groups attached to an aromatic ring is 1. The van der Waals surface area contributed by atoms with Crippen molar-refractivity contribution in [3.63, 3.8) is 0 Å². The van der Waals surface area contributed by atoms with Crippen LogP contribution in [-0.2, 0) is 6.54 Å². The summed E-state index contributed by atoms with van der Waals surface area (Å²) >= 11 is 0. The Labute approximate surface area is 105 Å². The van der Waals surface area contributed by atoms with Crippen LogP contribution in [-0.4, -0.2) is 29.1 Å². The molecule has 94 valence electrons. The van der Waals surface area contributed by atoms with E-state index in [4.69, 9.17) is 10.5 Å². The summed E-state index contributed by atoms with van der Waals surface area (Å²) in [5, 5.41) is 0. The lowest BCUT2D eigenvalue weighted by atomic mass is 10.3. The number of nitrogens with zero attached hydrogens (tertiary/aromatic N) is 4. The first-order valence-corrected chi connectivity index (χ1v) is 5.48. The van der Waals surface area contributed by atoms with Crippen LogP contribution in [0.25, 0.3) is 0 Å². The fraction of sp³-hybridized carbons (Fsp3) is 0.250. The molecule has 0 spiro atoms. The molecule has 2 rings (SSSR count). The molecule has 0 bridgehead atoms. The normalized spacial score (nSPS) is 10.1. The molecule has 0 radical (unpaired) electrons. The minimum absolute atomic E-state index is 0.329. The topological polar surface area (TPSA) is 77.2 Å². The first-order valence-electron chi connectivity index (χ1n) is 5.48. The van der Waals surface area contributed by atoms with Crippen LogP contribution in [0.15, 0.2) is 30.7 Å². The zero-order valence-corrected chi connectivity index (χ0v) is 10.4. The molecule has 6 heteroatoms. The van der Waals surface area contributed by atoms with Gasteiger partial charge in [-0.2, -0.15) is 0 Å². The Hall–Kier alpha value is -2.37. The second kappa shape index (κ2) is 5.31. The van der Waals surface area contributed by atoms with Crippen molar-refractivity contribution in [1.29, 1.82) is 0 Å². The van der Waals surface area contributed by atoms with Crippen molar-refractivity contribution in [2.45, 2.75) is 6.54 Å². The van der Waals surface area contributed by atoms with E-state index in [0.717, 1.165) is 5.69 Å². The summed E-state index contributed by atoms with van der Waals surface area (Å²) in [6.07, 6.45) is 3.18. The number of pyridine rings is 1. The van der Waals surface area contributed by atoms with Crippen molar-refractivity contribution >= 4 is 11.6 Å². The van der Waals surface area contributed by atoms with Gasteiger partial charge in [0.1, 0.15) is 6.33 Å². The van der Waals surface area contributed by atoms with E-state index in [0.29, 0.717) is 23.9 Å². The standard InChI is InChI=1S/C12H15N5O/c1-17(7-9-5-3-4-6-14-9)12-10(18-2)11(13)15-8-16-12/h3-6,8H,7H2,1-2H3,(H2,13,15,16). The van der Waals surface area contributed by atoms with E-state index in [-0.39, 0.29) is 0 Å². The van der Waals surface area contributed by atoms with E-state index >= 15 is 0 Å². The molecule has 0 aliphatic carbocycles. The number of hydrogen-bond acceptors (Lipinski definition) is 6. The van der Waals surface area contributed by atoms with Gasteiger partial charge in [-0.25, -0.2) is 9.97 Å². The van der Waals surface area contributed by atoms with E-state index in [1.54, 1.807) is 13.3 Å². The third-order valence-electron chi connectivity index (χ3n) is 2.50. The second-order valence-electron chi connectivity index (χ2n) is 3.79. The summed E-state index contributed by atoms with van der Waals surface area (Å²) in [5.41, 5.74) is 6.69. The molecule has 0 aliphatic rings. The zero-order valence-electron chi connectivity index (χ0n) is 10.4. The Kier molecular flexibility index (Phi) is 3.57. The molecule has 0 fully saturated rings. The van der Waals surface area contributed by atoms with Crippen molar-refractivity contribution < 1.29 is 4.74 Å². The molecule has 2 aromatic rings. The molecule has 2 N–H and O–H groups in total. The predicted molar refractivity (Wildman–Crippen MR) is 69.3 cm³/mol. The number of hydrogen-bond donors (Lipinski definition) is 1. The summed E-state index contributed by atoms with van der Waals surface area (Å²) in [6.45, 7) is 0.619. The number of methoxy groups -OCH3 is 1. The van der Waals surface area contributed by atoms with E-state index in [2.05, 4.69) is 15.0 Å². The molecule has 0 aliphatic heterocycles. The van der Waals surface area contributed by atoms with Crippen molar-refractivity contribution in [3.05, 3.63) is 36.4 Å². The number of nitrogens with two attached hydrogens (primary N) is 1. The Morgan fingerprint density at radius 2 is 2.11 bits per heavy atom. The van der Waals surface area contributed by atoms with E-state index in [9.17, 15) is 0 Å². The van der Waals surface area contributed by atoms with Crippen LogP contribution in [0.3, 0.4) is 0 Å². The van der Waals surface area contributed by atoms with Crippen LogP contribution >= 0.6 is 0 Å². The Bertz CT molecular complexity index is 517. The number of rotatable bonds is 4. The molecule has 0 atom stereocenters. The molecule has 0 unspecified atom stereocenters. The summed E-state index contributed by atoms with van der Waals surface area (Å²) in [4.78, 5) is 14.3. The third-order valence-corrected chi connectivity index (χ3v) is 2.50. The van der Waals surface area contributed by atoms with E-state index in [1.807, 2.05) is 30.1 Å². The van der Waals surface area contributed by atoms with Crippen LogP contribution < -0.4 is 15.4 Å². The molecule has 0 amide bonds. The van der Waals surface area contributed by atoms with Crippen molar-refractivity contribution in [1.82, 2.24) is 15.0 Å². The summed E-state index contributed by atoms with van der Waals surface area (Å²) < 4.78 is 5.22. The first kappa shape index (κ1) is 12.1. The molecule has 18 heavy (non-hydrogen) atoms. The highest BCUT2D eigenvalue weighted by Gasteiger charge is 2.14. The van der Waals surface area contributed by atoms with Crippen LogP contribution in [0, 0.1) is 0 Å². The minimum atomic E-state index is 0.329. The molecular weight excluding hydrogens is 230 g/mol. The molecule has 2 heterocycles. The van der Waals surface area contributed by atoms with Gasteiger partial charge in [-0.3, -0.25) is 4.98 Å². The third kappa shape index (κ3) is 2.48. The van der Waals surface area contributed by atoms with Gasteiger partial charge in [-0.15, -0.1) is 0 Å². The summed E-state index contributed by atoms with van der Waals surface area (Å²) in [7, 11) is 3.45. The maximum absolute atomic E-state index is 5.74. The lowest BCUT2D eigenvalue weighted by Crippen LogP contribution is -2.20. The summed E-state index contributed by atoms with van der Waals surface area (Å²) in [6, 6.07) is 5.78. The van der Waals surface area contributed by atoms with E-state index < -0.39 is 0 Å². The van der Waals surface area contributed by atoms with E-state index in [1.165, 1.54) is 6.33 Å². The minimum Gasteiger partial charge on any atom is -0.490 e. The van der Waals surface area contributed by atoms with Gasteiger partial charge in [-0.05, 0) is 12.1 Å². The fourth-order valence-electron chi connectivity index (χ4n) is 1.65. The molecule has 0 saturated heterocycles. The van der Waals surface area contributed by atoms with Gasteiger partial charge >= 0.3 is 0 Å². The highest BCUT2D eigenvalue weighted by atomic mass is 16.5. The molecule has 6 nitrogen and oxygen atoms in total. The summed E-state index contributed by atoms with van der Waals surface area (Å²) in [5.74, 6) is 1.46. The maximum atomic E-state index is 5.74. The zero-order chi connectivity index (χ0) is 13.0. The number of aromatic nitrogens is 3. The second-order valence-corrected chi connectivity index (χ2v) is 3.79. The highest BCUT2D eigenvalue weighted by Crippen LogP contribution is 2.29. The molecule has 2 aromatic heterocycles. The SMILES string of the molecule is COc1c(N)ncnc1N(C)Cc1ccccn1. The van der Waals surface area contributed by atoms with Crippen LogP contribution in [0.1, 0.15) is 5.69 Å². The Balaban J connectivity index is 2.24. The molecule has 0 aromatic carbocycles. The van der Waals surface area contributed by atoms with Crippen LogP contribution in [0.2, 0.25) is 0 Å². The lowest BCUT2D eigenvalue weighted by Gasteiger charge is -2.20. The Morgan fingerprint density at radius 1 is 1.28 bits per heavy atom. The average Bonchev–Trinajstić information content (AvgIpc) is 2.39. The molecular formula is C12H15N5O. The van der Waals surface area contributed by atoms with Crippen molar-refractivity contribution in [2.75, 3.05) is 24.8 Å². The average molecular weight is 245 g/mol. The smallest absolute Gasteiger partial charge is 0.204 e. The monoisotopic (exact) mass is 245 g/mol. The van der Waals surface area contributed by atoms with Gasteiger partial charge in [0.2, 0.25) is 5.75 Å². The van der Waals surface area contributed by atoms with Crippen molar-refractivity contribution in [3.8, 4) is 5.75 Å². The maximum Gasteiger partial charge on any atom is 0.204 e. The fourth-order valence-corrected chi connectivity index (χ4v) is 1.65. The van der Waals surface area contributed by atoms with Crippen LogP contribution in [0.5, 0.6) is 5.75 Å². The van der Waals surface area contributed by atoms with Gasteiger partial charge in [0.25, 0.3) is 0 Å². The first-order chi connectivity index (χ1) is 8.72.